The minimum atomic E-state index is -0.919. The van der Waals surface area contributed by atoms with Crippen LogP contribution in [0.15, 0.2) is 54.6 Å². The maximum Gasteiger partial charge on any atom is 0.335 e. The van der Waals surface area contributed by atoms with Crippen molar-refractivity contribution in [3.05, 3.63) is 71.3 Å². The molecule has 140 valence electrons. The van der Waals surface area contributed by atoms with E-state index in [1.807, 2.05) is 47.4 Å². The number of benzene rings is 2. The summed E-state index contributed by atoms with van der Waals surface area (Å²) in [6.07, 6.45) is 0.0182. The van der Waals surface area contributed by atoms with E-state index in [1.54, 1.807) is 12.1 Å². The van der Waals surface area contributed by atoms with Crippen LogP contribution < -0.4 is 0 Å². The van der Waals surface area contributed by atoms with E-state index in [9.17, 15) is 9.59 Å². The molecule has 2 heterocycles. The molecule has 6 nitrogen and oxygen atoms in total. The van der Waals surface area contributed by atoms with Gasteiger partial charge in [-0.3, -0.25) is 9.69 Å². The Bertz CT molecular complexity index is 822. The Morgan fingerprint density at radius 3 is 2.41 bits per heavy atom. The van der Waals surface area contributed by atoms with Gasteiger partial charge in [-0.2, -0.15) is 0 Å². The first-order valence-corrected chi connectivity index (χ1v) is 9.10. The zero-order chi connectivity index (χ0) is 18.8. The molecule has 2 aromatic carbocycles. The third-order valence-corrected chi connectivity index (χ3v) is 5.26. The fraction of sp³-hybridized carbons (Fsp3) is 0.333. The van der Waals surface area contributed by atoms with Crippen molar-refractivity contribution in [2.45, 2.75) is 25.2 Å². The monoisotopic (exact) mass is 366 g/mol. The Labute approximate surface area is 158 Å². The van der Waals surface area contributed by atoms with E-state index in [0.717, 1.165) is 24.2 Å². The lowest BCUT2D eigenvalue weighted by atomic mass is 10.1. The summed E-state index contributed by atoms with van der Waals surface area (Å²) in [6, 6.07) is 17.0. The first-order chi connectivity index (χ1) is 13.1. The predicted octanol–water partition coefficient (Wildman–Crippen LogP) is 2.00. The summed E-state index contributed by atoms with van der Waals surface area (Å²) in [5.41, 5.74) is 2.46. The third-order valence-electron chi connectivity index (χ3n) is 5.26. The van der Waals surface area contributed by atoms with E-state index in [0.29, 0.717) is 13.1 Å². The van der Waals surface area contributed by atoms with Crippen LogP contribution in [0, 0.1) is 0 Å². The van der Waals surface area contributed by atoms with E-state index < -0.39 is 5.97 Å². The van der Waals surface area contributed by atoms with E-state index in [4.69, 9.17) is 9.84 Å². The Morgan fingerprint density at radius 2 is 1.70 bits per heavy atom. The Morgan fingerprint density at radius 1 is 1.00 bits per heavy atom. The van der Waals surface area contributed by atoms with Crippen LogP contribution in [0.3, 0.4) is 0 Å². The highest BCUT2D eigenvalue weighted by atomic mass is 16.5. The number of carboxylic acids is 1. The molecular formula is C21H22N2O4. The number of rotatable bonds is 5. The highest BCUT2D eigenvalue weighted by Crippen LogP contribution is 2.26. The molecule has 2 aliphatic heterocycles. The van der Waals surface area contributed by atoms with Crippen molar-refractivity contribution in [3.8, 4) is 0 Å². The normalized spacial score (nSPS) is 22.7. The first-order valence-electron chi connectivity index (χ1n) is 9.10. The molecule has 2 aliphatic rings. The lowest BCUT2D eigenvalue weighted by molar-refractivity contribution is -0.153. The van der Waals surface area contributed by atoms with Gasteiger partial charge in [0.15, 0.2) is 0 Å². The summed E-state index contributed by atoms with van der Waals surface area (Å²) in [5, 5.41) is 9.01. The lowest BCUT2D eigenvalue weighted by Gasteiger charge is -2.36. The van der Waals surface area contributed by atoms with Crippen molar-refractivity contribution in [3.63, 3.8) is 0 Å². The minimum absolute atomic E-state index is 0.0182. The number of amides is 1. The lowest BCUT2D eigenvalue weighted by Crippen LogP contribution is -2.53. The van der Waals surface area contributed by atoms with Gasteiger partial charge in [-0.05, 0) is 23.3 Å². The van der Waals surface area contributed by atoms with Crippen LogP contribution in [0.25, 0.3) is 0 Å². The number of ether oxygens (including phenoxy) is 1. The number of likely N-dealkylation sites (tertiary alicyclic amines) is 1. The largest absolute Gasteiger partial charge is 0.478 e. The van der Waals surface area contributed by atoms with Crippen LogP contribution in [-0.4, -0.2) is 58.6 Å². The quantitative estimate of drug-likeness (QED) is 0.876. The smallest absolute Gasteiger partial charge is 0.335 e. The van der Waals surface area contributed by atoms with Gasteiger partial charge < -0.3 is 14.7 Å². The highest BCUT2D eigenvalue weighted by molar-refractivity contribution is 5.87. The summed E-state index contributed by atoms with van der Waals surface area (Å²) in [7, 11) is 0. The van der Waals surface area contributed by atoms with Gasteiger partial charge in [0.2, 0.25) is 5.91 Å². The van der Waals surface area contributed by atoms with Gasteiger partial charge >= 0.3 is 5.97 Å². The maximum atomic E-state index is 12.4. The molecular weight excluding hydrogens is 344 g/mol. The van der Waals surface area contributed by atoms with Crippen molar-refractivity contribution in [1.29, 1.82) is 0 Å². The van der Waals surface area contributed by atoms with Gasteiger partial charge in [-0.15, -0.1) is 0 Å². The number of carbonyl (C=O) groups is 2. The number of hydrogen-bond donors (Lipinski definition) is 1. The Balaban J connectivity index is 1.44. The number of fused-ring (bicyclic) bond motifs is 1. The second-order valence-electron chi connectivity index (χ2n) is 7.12. The summed E-state index contributed by atoms with van der Waals surface area (Å²) < 4.78 is 5.79. The zero-order valence-corrected chi connectivity index (χ0v) is 15.0. The number of carboxylic acid groups (broad SMARTS) is 1. The summed E-state index contributed by atoms with van der Waals surface area (Å²) in [6.45, 7) is 2.97. The predicted molar refractivity (Wildman–Crippen MR) is 99.2 cm³/mol. The average Bonchev–Trinajstić information content (AvgIpc) is 3.08. The SMILES string of the molecule is O=C(O)c1ccc(CN2CC3OCC(=O)N(Cc4ccccc4)C3C2)cc1. The topological polar surface area (TPSA) is 70.1 Å². The molecule has 2 atom stereocenters. The molecule has 2 saturated heterocycles. The van der Waals surface area contributed by atoms with Crippen LogP contribution in [0.4, 0.5) is 0 Å². The molecule has 4 rings (SSSR count). The second-order valence-corrected chi connectivity index (χ2v) is 7.12. The van der Waals surface area contributed by atoms with Crippen LogP contribution in [0.1, 0.15) is 21.5 Å². The average molecular weight is 366 g/mol. The van der Waals surface area contributed by atoms with Crippen LogP contribution >= 0.6 is 0 Å². The maximum absolute atomic E-state index is 12.4. The van der Waals surface area contributed by atoms with E-state index in [-0.39, 0.29) is 30.2 Å². The summed E-state index contributed by atoms with van der Waals surface area (Å²) in [4.78, 5) is 27.6. The fourth-order valence-corrected chi connectivity index (χ4v) is 3.87. The Hall–Kier alpha value is -2.70. The minimum Gasteiger partial charge on any atom is -0.478 e. The van der Waals surface area contributed by atoms with Crippen LogP contribution in [0.5, 0.6) is 0 Å². The van der Waals surface area contributed by atoms with Crippen molar-refractivity contribution in [2.75, 3.05) is 19.7 Å². The molecule has 0 radical (unpaired) electrons. The van der Waals surface area contributed by atoms with E-state index in [2.05, 4.69) is 4.90 Å². The molecule has 0 saturated carbocycles. The standard InChI is InChI=1S/C21H22N2O4/c24-20-14-27-19-13-22(10-16-6-8-17(9-7-16)21(25)26)12-18(19)23(20)11-15-4-2-1-3-5-15/h1-9,18-19H,10-14H2,(H,25,26). The van der Waals surface area contributed by atoms with E-state index in [1.165, 1.54) is 0 Å². The molecule has 1 N–H and O–H groups in total. The number of morpholine rings is 1. The first kappa shape index (κ1) is 17.7. The molecule has 1 amide bonds. The van der Waals surface area contributed by atoms with Gasteiger partial charge in [0.25, 0.3) is 0 Å². The third kappa shape index (κ3) is 3.86. The molecule has 2 fully saturated rings. The van der Waals surface area contributed by atoms with Gasteiger partial charge in [-0.1, -0.05) is 42.5 Å². The van der Waals surface area contributed by atoms with E-state index >= 15 is 0 Å². The molecule has 27 heavy (non-hydrogen) atoms. The molecule has 2 unspecified atom stereocenters. The zero-order valence-electron chi connectivity index (χ0n) is 15.0. The molecule has 0 bridgehead atoms. The molecule has 6 heteroatoms. The van der Waals surface area contributed by atoms with Crippen molar-refractivity contribution in [1.82, 2.24) is 9.80 Å². The number of aromatic carboxylic acids is 1. The summed E-state index contributed by atoms with van der Waals surface area (Å²) in [5.74, 6) is -0.884. The molecule has 0 aromatic heterocycles. The van der Waals surface area contributed by atoms with Crippen molar-refractivity contribution < 1.29 is 19.4 Å². The number of nitrogens with zero attached hydrogens (tertiary/aromatic N) is 2. The van der Waals surface area contributed by atoms with Gasteiger partial charge in [0, 0.05) is 26.2 Å². The molecule has 0 aliphatic carbocycles. The van der Waals surface area contributed by atoms with Crippen molar-refractivity contribution >= 4 is 11.9 Å². The second kappa shape index (κ2) is 7.50. The summed E-state index contributed by atoms with van der Waals surface area (Å²) >= 11 is 0. The van der Waals surface area contributed by atoms with Crippen LogP contribution in [-0.2, 0) is 22.6 Å². The highest BCUT2D eigenvalue weighted by Gasteiger charge is 2.42. The van der Waals surface area contributed by atoms with Crippen LogP contribution in [0.2, 0.25) is 0 Å². The molecule has 0 spiro atoms. The number of hydrogen-bond acceptors (Lipinski definition) is 4. The van der Waals surface area contributed by atoms with Gasteiger partial charge in [0.1, 0.15) is 6.61 Å². The molecule has 2 aromatic rings. The van der Waals surface area contributed by atoms with Crippen molar-refractivity contribution in [2.24, 2.45) is 0 Å². The fourth-order valence-electron chi connectivity index (χ4n) is 3.87. The number of carbonyl (C=O) groups excluding carboxylic acids is 1. The Kier molecular flexibility index (Phi) is 4.92. The van der Waals surface area contributed by atoms with Gasteiger partial charge in [0.05, 0.1) is 17.7 Å². The van der Waals surface area contributed by atoms with Gasteiger partial charge in [-0.25, -0.2) is 4.79 Å².